The first-order valence-electron chi connectivity index (χ1n) is 9.88. The maximum absolute atomic E-state index is 13.1. The van der Waals surface area contributed by atoms with Crippen LogP contribution in [-0.2, 0) is 4.79 Å². The van der Waals surface area contributed by atoms with Gasteiger partial charge in [-0.3, -0.25) is 14.5 Å². The summed E-state index contributed by atoms with van der Waals surface area (Å²) in [5.74, 6) is 3.06. The molecule has 4 heteroatoms. The van der Waals surface area contributed by atoms with Crippen LogP contribution in [0.3, 0.4) is 0 Å². The Hall–Kier alpha value is -2.10. The Morgan fingerprint density at radius 1 is 1.08 bits per heavy atom. The Labute approximate surface area is 154 Å². The molecule has 4 fully saturated rings. The number of carbonyl (C=O) groups excluding carboxylic acids is 2. The second-order valence-corrected chi connectivity index (χ2v) is 8.81. The van der Waals surface area contributed by atoms with Crippen molar-refractivity contribution >= 4 is 17.5 Å². The highest BCUT2D eigenvalue weighted by Crippen LogP contribution is 2.55. The number of nitrogens with zero attached hydrogens (tertiary/aromatic N) is 2. The van der Waals surface area contributed by atoms with E-state index in [0.717, 1.165) is 17.4 Å². The van der Waals surface area contributed by atoms with Crippen LogP contribution in [0.2, 0.25) is 0 Å². The van der Waals surface area contributed by atoms with Gasteiger partial charge in [-0.1, -0.05) is 24.8 Å². The minimum atomic E-state index is -0.0996. The standard InChI is InChI=1S/C22H26N2O2/c1-13-18-5-3-4-6-19(18)22(26)24(13)12-20(25)23(2)21-16-8-14-7-15(10-16)11-17(21)9-14/h3-6,14-17,21H,1,7-12H2,2H3. The van der Waals surface area contributed by atoms with Crippen LogP contribution >= 0.6 is 0 Å². The molecule has 0 N–H and O–H groups in total. The van der Waals surface area contributed by atoms with Gasteiger partial charge in [-0.15, -0.1) is 0 Å². The van der Waals surface area contributed by atoms with E-state index < -0.39 is 0 Å². The predicted molar refractivity (Wildman–Crippen MR) is 100 cm³/mol. The lowest BCUT2D eigenvalue weighted by molar-refractivity contribution is -0.141. The van der Waals surface area contributed by atoms with Gasteiger partial charge in [0.05, 0.1) is 0 Å². The lowest BCUT2D eigenvalue weighted by atomic mass is 9.54. The number of carbonyl (C=O) groups is 2. The van der Waals surface area contributed by atoms with Crippen LogP contribution in [0.5, 0.6) is 0 Å². The Morgan fingerprint density at radius 3 is 2.23 bits per heavy atom. The molecular formula is C22H26N2O2. The fourth-order valence-electron chi connectivity index (χ4n) is 6.44. The van der Waals surface area contributed by atoms with Crippen molar-refractivity contribution in [3.05, 3.63) is 42.0 Å². The van der Waals surface area contributed by atoms with Crippen LogP contribution < -0.4 is 0 Å². The summed E-state index contributed by atoms with van der Waals surface area (Å²) in [6, 6.07) is 7.85. The molecule has 4 bridgehead atoms. The van der Waals surface area contributed by atoms with Crippen molar-refractivity contribution in [3.8, 4) is 0 Å². The van der Waals surface area contributed by atoms with E-state index in [1.165, 1.54) is 32.1 Å². The molecule has 5 aliphatic rings. The van der Waals surface area contributed by atoms with Crippen LogP contribution in [0.25, 0.3) is 5.70 Å². The average molecular weight is 350 g/mol. The van der Waals surface area contributed by atoms with E-state index in [0.29, 0.717) is 29.1 Å². The van der Waals surface area contributed by atoms with Gasteiger partial charge in [-0.25, -0.2) is 0 Å². The van der Waals surface area contributed by atoms with Crippen molar-refractivity contribution in [1.82, 2.24) is 9.80 Å². The Balaban J connectivity index is 1.32. The quantitative estimate of drug-likeness (QED) is 0.838. The molecule has 0 unspecified atom stereocenters. The van der Waals surface area contributed by atoms with Crippen LogP contribution in [0.1, 0.15) is 48.0 Å². The lowest BCUT2D eigenvalue weighted by Crippen LogP contribution is -2.57. The molecule has 1 aromatic carbocycles. The lowest BCUT2D eigenvalue weighted by Gasteiger charge is -2.56. The number of fused-ring (bicyclic) bond motifs is 1. The summed E-state index contributed by atoms with van der Waals surface area (Å²) in [5.41, 5.74) is 2.16. The van der Waals surface area contributed by atoms with Crippen molar-refractivity contribution in [2.75, 3.05) is 13.6 Å². The molecule has 2 amide bonds. The van der Waals surface area contributed by atoms with Gasteiger partial charge in [-0.2, -0.15) is 0 Å². The van der Waals surface area contributed by atoms with Gasteiger partial charge in [0, 0.05) is 29.9 Å². The molecule has 0 radical (unpaired) electrons. The topological polar surface area (TPSA) is 40.6 Å². The molecular weight excluding hydrogens is 324 g/mol. The smallest absolute Gasteiger partial charge is 0.259 e. The summed E-state index contributed by atoms with van der Waals surface area (Å²) in [7, 11) is 1.95. The van der Waals surface area contributed by atoms with Crippen LogP contribution in [-0.4, -0.2) is 41.2 Å². The molecule has 0 spiro atoms. The van der Waals surface area contributed by atoms with Gasteiger partial charge in [0.15, 0.2) is 0 Å². The van der Waals surface area contributed by atoms with Crippen molar-refractivity contribution in [2.24, 2.45) is 23.7 Å². The SMILES string of the molecule is C=C1c2ccccc2C(=O)N1CC(=O)N(C)C1C2CC3CC(C2)CC1C3. The zero-order valence-corrected chi connectivity index (χ0v) is 15.4. The average Bonchev–Trinajstić information content (AvgIpc) is 2.86. The number of benzene rings is 1. The van der Waals surface area contributed by atoms with E-state index in [-0.39, 0.29) is 18.4 Å². The summed E-state index contributed by atoms with van der Waals surface area (Å²) in [6.45, 7) is 4.16. The molecule has 6 rings (SSSR count). The van der Waals surface area contributed by atoms with E-state index >= 15 is 0 Å². The zero-order valence-electron chi connectivity index (χ0n) is 15.4. The highest BCUT2D eigenvalue weighted by atomic mass is 16.2. The summed E-state index contributed by atoms with van der Waals surface area (Å²) >= 11 is 0. The van der Waals surface area contributed by atoms with Crippen LogP contribution in [0.4, 0.5) is 0 Å². The molecule has 0 aromatic heterocycles. The number of likely N-dealkylation sites (N-methyl/N-ethyl adjacent to an activating group) is 1. The Morgan fingerprint density at radius 2 is 1.65 bits per heavy atom. The largest absolute Gasteiger partial charge is 0.341 e. The van der Waals surface area contributed by atoms with Crippen molar-refractivity contribution in [3.63, 3.8) is 0 Å². The molecule has 136 valence electrons. The molecule has 1 heterocycles. The van der Waals surface area contributed by atoms with E-state index in [9.17, 15) is 9.59 Å². The number of hydrogen-bond donors (Lipinski definition) is 0. The second kappa shape index (κ2) is 5.70. The third-order valence-electron chi connectivity index (χ3n) is 7.35. The zero-order chi connectivity index (χ0) is 18.0. The molecule has 1 aliphatic heterocycles. The minimum Gasteiger partial charge on any atom is -0.341 e. The first-order valence-corrected chi connectivity index (χ1v) is 9.88. The first-order chi connectivity index (χ1) is 12.5. The third-order valence-corrected chi connectivity index (χ3v) is 7.35. The monoisotopic (exact) mass is 350 g/mol. The van der Waals surface area contributed by atoms with E-state index in [2.05, 4.69) is 6.58 Å². The van der Waals surface area contributed by atoms with Crippen molar-refractivity contribution in [2.45, 2.75) is 38.1 Å². The fourth-order valence-corrected chi connectivity index (χ4v) is 6.44. The normalized spacial score (nSPS) is 34.3. The minimum absolute atomic E-state index is 0.0461. The molecule has 1 aromatic rings. The van der Waals surface area contributed by atoms with Crippen LogP contribution in [0, 0.1) is 23.7 Å². The van der Waals surface area contributed by atoms with Gasteiger partial charge in [0.1, 0.15) is 6.54 Å². The Bertz CT molecular complexity index is 736. The highest BCUT2D eigenvalue weighted by molar-refractivity contribution is 6.10. The highest BCUT2D eigenvalue weighted by Gasteiger charge is 2.50. The summed E-state index contributed by atoms with van der Waals surface area (Å²) in [6.07, 6.45) is 6.57. The molecule has 0 atom stereocenters. The van der Waals surface area contributed by atoms with Crippen LogP contribution in [0.15, 0.2) is 30.8 Å². The van der Waals surface area contributed by atoms with Gasteiger partial charge in [0.2, 0.25) is 5.91 Å². The van der Waals surface area contributed by atoms with E-state index in [4.69, 9.17) is 0 Å². The van der Waals surface area contributed by atoms with Gasteiger partial charge in [-0.05, 0) is 61.8 Å². The predicted octanol–water partition coefficient (Wildman–Crippen LogP) is 3.40. The number of rotatable bonds is 3. The maximum Gasteiger partial charge on any atom is 0.259 e. The summed E-state index contributed by atoms with van der Waals surface area (Å²) in [4.78, 5) is 29.3. The van der Waals surface area contributed by atoms with Gasteiger partial charge < -0.3 is 4.90 Å². The fraction of sp³-hybridized carbons (Fsp3) is 0.545. The summed E-state index contributed by atoms with van der Waals surface area (Å²) in [5, 5.41) is 0. The van der Waals surface area contributed by atoms with Crippen molar-refractivity contribution in [1.29, 1.82) is 0 Å². The Kier molecular flexibility index (Phi) is 3.53. The molecule has 4 aliphatic carbocycles. The first kappa shape index (κ1) is 16.1. The van der Waals surface area contributed by atoms with E-state index in [1.807, 2.05) is 36.2 Å². The molecule has 4 nitrogen and oxygen atoms in total. The molecule has 0 saturated heterocycles. The number of hydrogen-bond acceptors (Lipinski definition) is 2. The molecule has 26 heavy (non-hydrogen) atoms. The van der Waals surface area contributed by atoms with Gasteiger partial charge >= 0.3 is 0 Å². The van der Waals surface area contributed by atoms with Crippen molar-refractivity contribution < 1.29 is 9.59 Å². The second-order valence-electron chi connectivity index (χ2n) is 8.81. The van der Waals surface area contributed by atoms with Gasteiger partial charge in [0.25, 0.3) is 5.91 Å². The summed E-state index contributed by atoms with van der Waals surface area (Å²) < 4.78 is 0. The molecule has 4 saturated carbocycles. The maximum atomic E-state index is 13.1. The van der Waals surface area contributed by atoms with E-state index in [1.54, 1.807) is 4.90 Å². The number of amides is 2. The third kappa shape index (κ3) is 2.27.